The Kier molecular flexibility index (Phi) is 15.5. The van der Waals surface area contributed by atoms with E-state index in [0.29, 0.717) is 0 Å². The topological polar surface area (TPSA) is 77.8 Å². The summed E-state index contributed by atoms with van der Waals surface area (Å²) >= 11 is 0. The average molecular weight is 250 g/mol. The Morgan fingerprint density at radius 3 is 1.29 bits per heavy atom. The van der Waals surface area contributed by atoms with Crippen LogP contribution in [0.15, 0.2) is 0 Å². The molecule has 0 spiro atoms. The van der Waals surface area contributed by atoms with Crippen LogP contribution < -0.4 is 58.2 Å². The Morgan fingerprint density at radius 1 is 1.29 bits per heavy atom. The van der Waals surface area contributed by atoms with E-state index >= 15 is 0 Å². The van der Waals surface area contributed by atoms with Crippen molar-refractivity contribution >= 4 is 7.82 Å². The Balaban J connectivity index is -0.0000000267. The predicted molar refractivity (Wildman–Crippen MR) is 15.4 cm³/mol. The van der Waals surface area contributed by atoms with E-state index in [4.69, 9.17) is 19.2 Å². The van der Waals surface area contributed by atoms with Gasteiger partial charge in [0.2, 0.25) is 0 Å². The largest absolute Gasteiger partial charge is 1.00 e. The summed E-state index contributed by atoms with van der Waals surface area (Å²) in [6, 6.07) is 0. The van der Waals surface area contributed by atoms with Gasteiger partial charge in [0.1, 0.15) is 0 Å². The van der Waals surface area contributed by atoms with Crippen molar-refractivity contribution in [1.82, 2.24) is 0 Å². The van der Waals surface area contributed by atoms with Crippen molar-refractivity contribution in [3.8, 4) is 0 Å². The summed E-state index contributed by atoms with van der Waals surface area (Å²) in [5.41, 5.74) is 0. The van der Waals surface area contributed by atoms with Gasteiger partial charge in [-0.2, -0.15) is 0 Å². The molecule has 0 bridgehead atoms. The molecule has 0 aromatic heterocycles. The van der Waals surface area contributed by atoms with Crippen LogP contribution >= 0.6 is 7.82 Å². The van der Waals surface area contributed by atoms with Gasteiger partial charge in [0.05, 0.1) is 0 Å². The maximum atomic E-state index is 8.88. The molecular weight excluding hydrogens is 246 g/mol. The number of hydrogen-bond donors (Lipinski definition) is 3. The van der Waals surface area contributed by atoms with E-state index in [0.717, 1.165) is 0 Å². The van der Waals surface area contributed by atoms with Gasteiger partial charge in [-0.15, -0.1) is 0 Å². The Labute approximate surface area is 104 Å². The van der Waals surface area contributed by atoms with E-state index in [1.54, 1.807) is 0 Å². The van der Waals surface area contributed by atoms with Crippen LogP contribution in [0, 0.1) is 0 Å². The molecule has 4 nitrogen and oxygen atoms in total. The van der Waals surface area contributed by atoms with E-state index in [1.165, 1.54) is 0 Å². The zero-order valence-electron chi connectivity index (χ0n) is 4.90. The standard InChI is InChI=1S/H3O4P.Rb.Zn.H/c1-5(2,3)4;;;/h(H3,1,2,3,4);;;/q;+1;;-1. The fraction of sp³-hybridized carbons (Fsp3) is 0. The first-order valence-electron chi connectivity index (χ1n) is 0.783. The Hall–Kier alpha value is 2.54. The van der Waals surface area contributed by atoms with Gasteiger partial charge < -0.3 is 16.1 Å². The molecule has 0 aromatic rings. The fourth-order valence-corrected chi connectivity index (χ4v) is 0. The van der Waals surface area contributed by atoms with Crippen molar-refractivity contribution in [1.29, 1.82) is 0 Å². The molecule has 0 heterocycles. The van der Waals surface area contributed by atoms with Gasteiger partial charge in [0.25, 0.3) is 0 Å². The minimum Gasteiger partial charge on any atom is -1.00 e. The maximum absolute atomic E-state index is 8.88. The van der Waals surface area contributed by atoms with E-state index in [-0.39, 0.29) is 79.1 Å². The number of hydrogen-bond acceptors (Lipinski definition) is 1. The van der Waals surface area contributed by atoms with Crippen molar-refractivity contribution in [3.05, 3.63) is 0 Å². The molecule has 0 rings (SSSR count). The van der Waals surface area contributed by atoms with Crippen molar-refractivity contribution in [3.63, 3.8) is 0 Å². The van der Waals surface area contributed by atoms with E-state index < -0.39 is 7.82 Å². The van der Waals surface area contributed by atoms with Crippen LogP contribution in [0.2, 0.25) is 0 Å². The van der Waals surface area contributed by atoms with Crippen LogP contribution in [0.1, 0.15) is 1.43 Å². The summed E-state index contributed by atoms with van der Waals surface area (Å²) in [4.78, 5) is 21.6. The molecule has 0 aliphatic heterocycles. The number of phosphoric acid groups is 1. The molecule has 0 fully saturated rings. The normalized spacial score (nSPS) is 8.43. The molecule has 7 heteroatoms. The predicted octanol–water partition coefficient (Wildman–Crippen LogP) is -3.81. The summed E-state index contributed by atoms with van der Waals surface area (Å²) in [5, 5.41) is 0. The third-order valence-electron chi connectivity index (χ3n) is 0. The van der Waals surface area contributed by atoms with Crippen LogP contribution in [-0.4, -0.2) is 14.7 Å². The van der Waals surface area contributed by atoms with Gasteiger partial charge in [-0.05, 0) is 0 Å². The van der Waals surface area contributed by atoms with E-state index in [1.807, 2.05) is 0 Å². The minimum atomic E-state index is -4.64. The van der Waals surface area contributed by atoms with Gasteiger partial charge in [0, 0.05) is 19.5 Å². The van der Waals surface area contributed by atoms with Gasteiger partial charge in [0.15, 0.2) is 0 Å². The summed E-state index contributed by atoms with van der Waals surface area (Å²) in [5.74, 6) is 0. The van der Waals surface area contributed by atoms with E-state index in [2.05, 4.69) is 0 Å². The quantitative estimate of drug-likeness (QED) is 0.304. The molecule has 36 valence electrons. The van der Waals surface area contributed by atoms with Crippen LogP contribution in [0.3, 0.4) is 0 Å². The average Bonchev–Trinajstić information content (AvgIpc) is 0.722. The molecule has 0 aliphatic rings. The van der Waals surface area contributed by atoms with Crippen molar-refractivity contribution in [2.75, 3.05) is 0 Å². The molecular formula is H4O4PRbZn. The van der Waals surface area contributed by atoms with Gasteiger partial charge >= 0.3 is 66.0 Å². The Morgan fingerprint density at radius 2 is 1.29 bits per heavy atom. The van der Waals surface area contributed by atoms with Crippen LogP contribution in [0.5, 0.6) is 0 Å². The van der Waals surface area contributed by atoms with Gasteiger partial charge in [-0.25, -0.2) is 4.57 Å². The molecule has 0 atom stereocenters. The second kappa shape index (κ2) is 6.66. The second-order valence-electron chi connectivity index (χ2n) is 0.513. The molecule has 0 amide bonds. The molecule has 0 radical (unpaired) electrons. The summed E-state index contributed by atoms with van der Waals surface area (Å²) in [6.07, 6.45) is 0. The third kappa shape index (κ3) is 56.6. The minimum absolute atomic E-state index is 0. The monoisotopic (exact) mass is 248 g/mol. The van der Waals surface area contributed by atoms with Crippen molar-refractivity contribution in [2.45, 2.75) is 0 Å². The number of rotatable bonds is 0. The molecule has 7 heavy (non-hydrogen) atoms. The zero-order valence-corrected chi connectivity index (χ0v) is 12.7. The summed E-state index contributed by atoms with van der Waals surface area (Å²) < 4.78 is 8.88. The zero-order chi connectivity index (χ0) is 4.50. The first kappa shape index (κ1) is 16.3. The summed E-state index contributed by atoms with van der Waals surface area (Å²) in [7, 11) is -4.64. The third-order valence-corrected chi connectivity index (χ3v) is 0. The van der Waals surface area contributed by atoms with Crippen molar-refractivity contribution < 1.29 is 98.3 Å². The molecule has 0 aliphatic carbocycles. The first-order chi connectivity index (χ1) is 2.00. The van der Waals surface area contributed by atoms with Gasteiger partial charge in [-0.3, -0.25) is 0 Å². The first-order valence-corrected chi connectivity index (χ1v) is 2.35. The van der Waals surface area contributed by atoms with E-state index in [9.17, 15) is 0 Å². The summed E-state index contributed by atoms with van der Waals surface area (Å²) in [6.45, 7) is 0. The molecule has 0 unspecified atom stereocenters. The smallest absolute Gasteiger partial charge is 1.00 e. The fourth-order valence-electron chi connectivity index (χ4n) is 0. The van der Waals surface area contributed by atoms with Crippen LogP contribution in [0.4, 0.5) is 0 Å². The SMILES string of the molecule is O=P(O)(O)O.[H-].[Rb+].[Zn]. The maximum Gasteiger partial charge on any atom is 1.00 e. The second-order valence-corrected chi connectivity index (χ2v) is 1.54. The molecule has 0 aromatic carbocycles. The molecule has 0 saturated heterocycles. The van der Waals surface area contributed by atoms with Crippen LogP contribution in [0.25, 0.3) is 0 Å². The van der Waals surface area contributed by atoms with Crippen LogP contribution in [-0.2, 0) is 24.0 Å². The van der Waals surface area contributed by atoms with Gasteiger partial charge in [-0.1, -0.05) is 0 Å². The Bertz CT molecular complexity index is 62.2. The van der Waals surface area contributed by atoms with Crippen molar-refractivity contribution in [2.24, 2.45) is 0 Å². The molecule has 3 N–H and O–H groups in total. The molecule has 0 saturated carbocycles.